The summed E-state index contributed by atoms with van der Waals surface area (Å²) < 4.78 is 7.77. The molecule has 2 heterocycles. The van der Waals surface area contributed by atoms with Gasteiger partial charge < -0.3 is 19.9 Å². The molecule has 0 spiro atoms. The maximum Gasteiger partial charge on any atom is 0.410 e. The monoisotopic (exact) mass is 357 g/mol. The van der Waals surface area contributed by atoms with E-state index in [-0.39, 0.29) is 11.6 Å². The molecule has 1 aliphatic rings. The number of ether oxygens (including phenoxy) is 1. The van der Waals surface area contributed by atoms with Crippen LogP contribution in [0.3, 0.4) is 0 Å². The largest absolute Gasteiger partial charge is 0.444 e. The first-order valence-electron chi connectivity index (χ1n) is 9.33. The van der Waals surface area contributed by atoms with E-state index in [9.17, 15) is 4.79 Å². The molecule has 1 saturated heterocycles. The lowest BCUT2D eigenvalue weighted by atomic mass is 9.79. The van der Waals surface area contributed by atoms with Gasteiger partial charge in [0.1, 0.15) is 5.60 Å². The molecule has 0 bridgehead atoms. The van der Waals surface area contributed by atoms with Crippen LogP contribution in [0.1, 0.15) is 58.9 Å². The molecule has 5 nitrogen and oxygen atoms in total. The molecule has 1 fully saturated rings. The molecule has 1 aromatic carbocycles. The minimum absolute atomic E-state index is 0.219. The number of likely N-dealkylation sites (tertiary alicyclic amines) is 1. The van der Waals surface area contributed by atoms with Crippen molar-refractivity contribution in [3.63, 3.8) is 0 Å². The Morgan fingerprint density at radius 1 is 1.31 bits per heavy atom. The number of carbonyl (C=O) groups excluding carboxylic acids is 1. The lowest BCUT2D eigenvalue weighted by molar-refractivity contribution is -0.00925. The highest BCUT2D eigenvalue weighted by molar-refractivity contribution is 5.87. The molecule has 3 rings (SSSR count). The van der Waals surface area contributed by atoms with Crippen LogP contribution < -0.4 is 5.73 Å². The molecule has 0 saturated carbocycles. The third kappa shape index (κ3) is 3.53. The van der Waals surface area contributed by atoms with E-state index < -0.39 is 5.60 Å². The van der Waals surface area contributed by atoms with Crippen LogP contribution in [0.25, 0.3) is 10.9 Å². The molecular formula is C21H31N3O2. The molecule has 1 amide bonds. The minimum atomic E-state index is -0.475. The van der Waals surface area contributed by atoms with Gasteiger partial charge in [-0.1, -0.05) is 0 Å². The Morgan fingerprint density at radius 3 is 2.62 bits per heavy atom. The van der Waals surface area contributed by atoms with Crippen LogP contribution in [0.5, 0.6) is 0 Å². The average Bonchev–Trinajstić information content (AvgIpc) is 2.80. The average molecular weight is 357 g/mol. The molecule has 0 radical (unpaired) electrons. The second-order valence-corrected chi connectivity index (χ2v) is 9.11. The lowest BCUT2D eigenvalue weighted by Gasteiger charge is -2.45. The summed E-state index contributed by atoms with van der Waals surface area (Å²) in [4.78, 5) is 14.5. The number of piperidine rings is 1. The Labute approximate surface area is 156 Å². The van der Waals surface area contributed by atoms with Gasteiger partial charge in [0.25, 0.3) is 0 Å². The summed E-state index contributed by atoms with van der Waals surface area (Å²) in [7, 11) is 2.07. The number of aromatic nitrogens is 1. The highest BCUT2D eigenvalue weighted by atomic mass is 16.6. The topological polar surface area (TPSA) is 60.5 Å². The van der Waals surface area contributed by atoms with Crippen molar-refractivity contribution in [2.45, 2.75) is 64.5 Å². The maximum absolute atomic E-state index is 12.6. The molecule has 2 aromatic rings. The van der Waals surface area contributed by atoms with Gasteiger partial charge in [-0.2, -0.15) is 0 Å². The fourth-order valence-corrected chi connectivity index (χ4v) is 4.09. The highest BCUT2D eigenvalue weighted by Crippen LogP contribution is 2.41. The van der Waals surface area contributed by atoms with Gasteiger partial charge in [0.05, 0.1) is 0 Å². The van der Waals surface area contributed by atoms with Crippen LogP contribution in [0.15, 0.2) is 24.4 Å². The number of hydrogen-bond acceptors (Lipinski definition) is 3. The van der Waals surface area contributed by atoms with Crippen LogP contribution in [0, 0.1) is 0 Å². The summed E-state index contributed by atoms with van der Waals surface area (Å²) in [6, 6.07) is 6.09. The van der Waals surface area contributed by atoms with Crippen LogP contribution >= 0.6 is 0 Å². The first-order valence-corrected chi connectivity index (χ1v) is 9.33. The van der Waals surface area contributed by atoms with Crippen LogP contribution in [0.2, 0.25) is 0 Å². The lowest BCUT2D eigenvalue weighted by Crippen LogP contribution is -2.53. The van der Waals surface area contributed by atoms with Crippen molar-refractivity contribution in [3.05, 3.63) is 30.0 Å². The van der Waals surface area contributed by atoms with E-state index in [0.717, 1.165) is 18.5 Å². The zero-order chi connectivity index (χ0) is 19.3. The predicted octanol–water partition coefficient (Wildman–Crippen LogP) is 4.65. The van der Waals surface area contributed by atoms with Crippen LogP contribution in [0.4, 0.5) is 10.5 Å². The molecule has 5 heteroatoms. The Kier molecular flexibility index (Phi) is 4.45. The van der Waals surface area contributed by atoms with Crippen molar-refractivity contribution >= 4 is 22.7 Å². The number of benzene rings is 1. The number of rotatable bonds is 1. The van der Waals surface area contributed by atoms with Crippen molar-refractivity contribution in [2.24, 2.45) is 7.05 Å². The fourth-order valence-electron chi connectivity index (χ4n) is 4.09. The summed E-state index contributed by atoms with van der Waals surface area (Å²) in [5, 5.41) is 1.22. The molecule has 0 aliphatic carbocycles. The van der Waals surface area contributed by atoms with E-state index >= 15 is 0 Å². The Balaban J connectivity index is 1.86. The molecule has 1 aliphatic heterocycles. The quantitative estimate of drug-likeness (QED) is 0.756. The summed E-state index contributed by atoms with van der Waals surface area (Å²) in [6.07, 6.45) is 3.83. The number of aryl methyl sites for hydroxylation is 1. The predicted molar refractivity (Wildman–Crippen MR) is 106 cm³/mol. The van der Waals surface area contributed by atoms with E-state index in [1.807, 2.05) is 31.7 Å². The molecule has 26 heavy (non-hydrogen) atoms. The fraction of sp³-hybridized carbons (Fsp3) is 0.571. The number of nitrogen functional groups attached to an aromatic ring is 1. The van der Waals surface area contributed by atoms with Gasteiger partial charge in [-0.25, -0.2) is 4.79 Å². The highest BCUT2D eigenvalue weighted by Gasteiger charge is 2.40. The van der Waals surface area contributed by atoms with Crippen molar-refractivity contribution in [3.8, 4) is 0 Å². The van der Waals surface area contributed by atoms with Crippen molar-refractivity contribution in [1.82, 2.24) is 9.47 Å². The summed E-state index contributed by atoms with van der Waals surface area (Å²) in [5.74, 6) is 0.397. The third-order valence-corrected chi connectivity index (χ3v) is 5.28. The number of carbonyl (C=O) groups is 1. The number of anilines is 1. The van der Waals surface area contributed by atoms with Crippen LogP contribution in [-0.2, 0) is 11.8 Å². The standard InChI is InChI=1S/C21H31N3O2/c1-20(2,3)26-19(25)24-10-9-14(12-21(24,4)5)17-13-23(6)18-8-7-15(22)11-16(17)18/h7-8,11,13-14H,9-10,12,22H2,1-6H3. The van der Waals surface area contributed by atoms with Gasteiger partial charge >= 0.3 is 6.09 Å². The Hall–Kier alpha value is -2.17. The van der Waals surface area contributed by atoms with Gasteiger partial charge in [0.2, 0.25) is 0 Å². The van der Waals surface area contributed by atoms with Crippen molar-refractivity contribution < 1.29 is 9.53 Å². The van der Waals surface area contributed by atoms with Gasteiger partial charge in [-0.05, 0) is 77.1 Å². The first kappa shape index (κ1) is 18.6. The van der Waals surface area contributed by atoms with Gasteiger partial charge in [0.15, 0.2) is 0 Å². The normalized spacial score (nSPS) is 20.4. The first-order chi connectivity index (χ1) is 12.0. The molecule has 1 aromatic heterocycles. The van der Waals surface area contributed by atoms with E-state index in [1.165, 1.54) is 16.5 Å². The molecule has 142 valence electrons. The zero-order valence-electron chi connectivity index (χ0n) is 16.8. The Bertz CT molecular complexity index is 830. The van der Waals surface area contributed by atoms with Crippen molar-refractivity contribution in [2.75, 3.05) is 12.3 Å². The van der Waals surface area contributed by atoms with E-state index in [0.29, 0.717) is 12.5 Å². The number of fused-ring (bicyclic) bond motifs is 1. The minimum Gasteiger partial charge on any atom is -0.444 e. The molecule has 1 unspecified atom stereocenters. The van der Waals surface area contributed by atoms with Crippen molar-refractivity contribution in [1.29, 1.82) is 0 Å². The number of hydrogen-bond donors (Lipinski definition) is 1. The molecule has 1 atom stereocenters. The van der Waals surface area contributed by atoms with Crippen LogP contribution in [-0.4, -0.2) is 33.2 Å². The smallest absolute Gasteiger partial charge is 0.410 e. The molecular weight excluding hydrogens is 326 g/mol. The van der Waals surface area contributed by atoms with E-state index in [2.05, 4.69) is 43.8 Å². The maximum atomic E-state index is 12.6. The second-order valence-electron chi connectivity index (χ2n) is 9.11. The summed E-state index contributed by atoms with van der Waals surface area (Å²) in [5.41, 5.74) is 8.60. The SMILES string of the molecule is Cn1cc(C2CCN(C(=O)OC(C)(C)C)C(C)(C)C2)c2cc(N)ccc21. The summed E-state index contributed by atoms with van der Waals surface area (Å²) >= 11 is 0. The number of nitrogens with zero attached hydrogens (tertiary/aromatic N) is 2. The van der Waals surface area contributed by atoms with Gasteiger partial charge in [0, 0.05) is 41.9 Å². The van der Waals surface area contributed by atoms with E-state index in [1.54, 1.807) is 0 Å². The Morgan fingerprint density at radius 2 is 2.00 bits per heavy atom. The van der Waals surface area contributed by atoms with E-state index in [4.69, 9.17) is 10.5 Å². The zero-order valence-corrected chi connectivity index (χ0v) is 16.8. The second kappa shape index (κ2) is 6.22. The number of amides is 1. The van der Waals surface area contributed by atoms with Gasteiger partial charge in [-0.3, -0.25) is 0 Å². The number of nitrogens with two attached hydrogens (primary N) is 1. The summed E-state index contributed by atoms with van der Waals surface area (Å²) in [6.45, 7) is 10.7. The molecule has 2 N–H and O–H groups in total. The van der Waals surface area contributed by atoms with Gasteiger partial charge in [-0.15, -0.1) is 0 Å². The third-order valence-electron chi connectivity index (χ3n) is 5.28.